The van der Waals surface area contributed by atoms with Gasteiger partial charge in [-0.05, 0) is 0 Å². The topological polar surface area (TPSA) is 17.1 Å². The third kappa shape index (κ3) is 9.46. The van der Waals surface area contributed by atoms with Crippen LogP contribution in [0.15, 0.2) is 30.3 Å². The molecule has 0 aromatic heterocycles. The van der Waals surface area contributed by atoms with E-state index in [2.05, 4.69) is 44.2 Å². The minimum atomic E-state index is -0.00407. The van der Waals surface area contributed by atoms with Crippen LogP contribution >= 0.6 is 0 Å². The summed E-state index contributed by atoms with van der Waals surface area (Å²) in [4.78, 5) is 10.6. The molecule has 0 saturated carbocycles. The van der Waals surface area contributed by atoms with Crippen molar-refractivity contribution in [2.75, 3.05) is 28.2 Å². The minimum absolute atomic E-state index is 0.00407. The summed E-state index contributed by atoms with van der Waals surface area (Å²) in [6.45, 7) is 0. The van der Waals surface area contributed by atoms with Gasteiger partial charge in [0, 0.05) is 0 Å². The molecule has 0 atom stereocenters. The molecule has 3 heteroatoms. The molecular formula is C11H17NOSe. The fraction of sp³-hybridized carbons (Fsp3) is 0.364. The van der Waals surface area contributed by atoms with E-state index in [4.69, 9.17) is 0 Å². The molecule has 78 valence electrons. The van der Waals surface area contributed by atoms with Gasteiger partial charge in [-0.3, -0.25) is 0 Å². The van der Waals surface area contributed by atoms with Gasteiger partial charge in [0.25, 0.3) is 0 Å². The van der Waals surface area contributed by atoms with Gasteiger partial charge in [-0.1, -0.05) is 0 Å². The number of hydrogen-bond donors (Lipinski definition) is 0. The Morgan fingerprint density at radius 3 is 1.64 bits per heavy atom. The SMILES string of the molecule is C[N+](C)(C)C.O=C([Se-])c1ccccc1. The van der Waals surface area contributed by atoms with Crippen LogP contribution in [0.1, 0.15) is 10.4 Å². The summed E-state index contributed by atoms with van der Waals surface area (Å²) in [5, 5.41) is 0. The monoisotopic (exact) mass is 259 g/mol. The third-order valence-electron chi connectivity index (χ3n) is 1.01. The van der Waals surface area contributed by atoms with Crippen molar-refractivity contribution >= 4 is 20.7 Å². The summed E-state index contributed by atoms with van der Waals surface area (Å²) in [6, 6.07) is 9.11. The molecule has 1 rings (SSSR count). The summed E-state index contributed by atoms with van der Waals surface area (Å²) in [5.74, 6) is 0. The van der Waals surface area contributed by atoms with E-state index in [-0.39, 0.29) is 4.68 Å². The standard InChI is InChI=1S/C7H6OSe.C4H12N/c8-7(9)6-4-2-1-3-5-6;1-5(2,3)4/h1-5H,(H,8,9);1-4H3/q;+1/p-1. The van der Waals surface area contributed by atoms with Crippen LogP contribution < -0.4 is 0 Å². The van der Waals surface area contributed by atoms with Crippen molar-refractivity contribution in [2.45, 2.75) is 0 Å². The van der Waals surface area contributed by atoms with E-state index in [9.17, 15) is 4.79 Å². The number of nitrogens with zero attached hydrogens (tertiary/aromatic N) is 1. The van der Waals surface area contributed by atoms with Gasteiger partial charge in [-0.2, -0.15) is 0 Å². The van der Waals surface area contributed by atoms with Gasteiger partial charge >= 0.3 is 61.4 Å². The first-order valence-corrected chi connectivity index (χ1v) is 5.21. The van der Waals surface area contributed by atoms with Crippen LogP contribution in [0.2, 0.25) is 0 Å². The van der Waals surface area contributed by atoms with Crippen LogP contribution in [0.25, 0.3) is 0 Å². The van der Waals surface area contributed by atoms with Crippen molar-refractivity contribution in [1.29, 1.82) is 0 Å². The van der Waals surface area contributed by atoms with E-state index in [0.29, 0.717) is 0 Å². The second kappa shape index (κ2) is 5.97. The Hall–Kier alpha value is -0.631. The number of benzene rings is 1. The molecule has 0 unspecified atom stereocenters. The van der Waals surface area contributed by atoms with Gasteiger partial charge in [-0.15, -0.1) is 0 Å². The van der Waals surface area contributed by atoms with Crippen LogP contribution in [0, 0.1) is 0 Å². The molecular weight excluding hydrogens is 241 g/mol. The van der Waals surface area contributed by atoms with Gasteiger partial charge in [0.1, 0.15) is 0 Å². The Morgan fingerprint density at radius 2 is 1.43 bits per heavy atom. The fourth-order valence-electron chi connectivity index (χ4n) is 0.574. The Kier molecular flexibility index (Phi) is 5.70. The number of quaternary nitrogens is 1. The van der Waals surface area contributed by atoms with Gasteiger partial charge in [-0.25, -0.2) is 0 Å². The summed E-state index contributed by atoms with van der Waals surface area (Å²) in [7, 11) is 8.50. The number of rotatable bonds is 1. The van der Waals surface area contributed by atoms with Crippen molar-refractivity contribution in [3.05, 3.63) is 35.9 Å². The summed E-state index contributed by atoms with van der Waals surface area (Å²) >= 11 is 2.42. The van der Waals surface area contributed by atoms with Gasteiger partial charge in [0.15, 0.2) is 0 Å². The van der Waals surface area contributed by atoms with E-state index >= 15 is 0 Å². The summed E-state index contributed by atoms with van der Waals surface area (Å²) in [5.41, 5.74) is 0.720. The predicted octanol–water partition coefficient (Wildman–Crippen LogP) is 1.32. The van der Waals surface area contributed by atoms with Crippen molar-refractivity contribution in [1.82, 2.24) is 0 Å². The zero-order chi connectivity index (χ0) is 11.2. The molecule has 0 amide bonds. The molecule has 0 radical (unpaired) electrons. The number of hydrogen-bond acceptors (Lipinski definition) is 1. The zero-order valence-electron chi connectivity index (χ0n) is 9.15. The molecule has 1 aromatic carbocycles. The Bertz CT molecular complexity index is 271. The second-order valence-electron chi connectivity index (χ2n) is 4.34. The summed E-state index contributed by atoms with van der Waals surface area (Å²) < 4.78 is 0.996. The quantitative estimate of drug-likeness (QED) is 0.548. The van der Waals surface area contributed by atoms with Crippen LogP contribution in [-0.4, -0.2) is 53.4 Å². The first-order chi connectivity index (χ1) is 6.30. The Balaban J connectivity index is 0.000000292. The summed E-state index contributed by atoms with van der Waals surface area (Å²) in [6.07, 6.45) is 0. The molecule has 2 nitrogen and oxygen atoms in total. The molecule has 0 heterocycles. The van der Waals surface area contributed by atoms with Gasteiger partial charge in [0.2, 0.25) is 0 Å². The van der Waals surface area contributed by atoms with E-state index in [1.54, 1.807) is 12.1 Å². The molecule has 0 spiro atoms. The fourth-order valence-corrected chi connectivity index (χ4v) is 0.860. The normalized spacial score (nSPS) is 10.0. The second-order valence-corrected chi connectivity index (χ2v) is 5.11. The maximum atomic E-state index is 10.6. The predicted molar refractivity (Wildman–Crippen MR) is 60.5 cm³/mol. The van der Waals surface area contributed by atoms with E-state index in [1.165, 1.54) is 0 Å². The van der Waals surface area contributed by atoms with Crippen molar-refractivity contribution < 1.29 is 9.28 Å². The van der Waals surface area contributed by atoms with Gasteiger partial charge in [0.05, 0.1) is 28.2 Å². The van der Waals surface area contributed by atoms with E-state index in [0.717, 1.165) is 10.0 Å². The number of carbonyl (C=O) groups excluding carboxylic acids is 1. The van der Waals surface area contributed by atoms with Crippen molar-refractivity contribution in [3.8, 4) is 0 Å². The first kappa shape index (κ1) is 13.4. The molecule has 0 aliphatic carbocycles. The van der Waals surface area contributed by atoms with Crippen LogP contribution in [0.3, 0.4) is 0 Å². The van der Waals surface area contributed by atoms with Crippen LogP contribution in [0.5, 0.6) is 0 Å². The van der Waals surface area contributed by atoms with Crippen molar-refractivity contribution in [2.24, 2.45) is 0 Å². The molecule has 0 N–H and O–H groups in total. The average molecular weight is 258 g/mol. The van der Waals surface area contributed by atoms with E-state index in [1.807, 2.05) is 18.2 Å². The molecule has 1 aromatic rings. The zero-order valence-corrected chi connectivity index (χ0v) is 10.9. The molecule has 0 aliphatic rings. The average Bonchev–Trinajstić information content (AvgIpc) is 2.03. The molecule has 0 aliphatic heterocycles. The Morgan fingerprint density at radius 1 is 1.07 bits per heavy atom. The van der Waals surface area contributed by atoms with Crippen molar-refractivity contribution in [3.63, 3.8) is 0 Å². The molecule has 0 fully saturated rings. The van der Waals surface area contributed by atoms with Gasteiger partial charge < -0.3 is 4.48 Å². The first-order valence-electron chi connectivity index (χ1n) is 4.36. The molecule has 14 heavy (non-hydrogen) atoms. The molecule has 0 saturated heterocycles. The van der Waals surface area contributed by atoms with Crippen LogP contribution in [0.4, 0.5) is 0 Å². The third-order valence-corrected chi connectivity index (χ3v) is 1.50. The van der Waals surface area contributed by atoms with E-state index < -0.39 is 0 Å². The Labute approximate surface area is 94.3 Å². The van der Waals surface area contributed by atoms with Crippen LogP contribution in [-0.2, 0) is 0 Å². The maximum absolute atomic E-state index is 10.6. The molecule has 0 bridgehead atoms. The number of carbonyl (C=O) groups is 1.